The van der Waals surface area contributed by atoms with Crippen LogP contribution in [0.2, 0.25) is 0 Å². The summed E-state index contributed by atoms with van der Waals surface area (Å²) < 4.78 is 71.2. The molecule has 15 heteroatoms. The van der Waals surface area contributed by atoms with Gasteiger partial charge in [-0.2, -0.15) is 0 Å². The first-order chi connectivity index (χ1) is 16.0. The molecular weight excluding hydrogens is 493 g/mol. The van der Waals surface area contributed by atoms with Crippen molar-refractivity contribution in [2.45, 2.75) is 57.7 Å². The summed E-state index contributed by atoms with van der Waals surface area (Å²) in [4.78, 5) is 1.26. The van der Waals surface area contributed by atoms with E-state index in [0.717, 1.165) is 0 Å². The fourth-order valence-corrected chi connectivity index (χ4v) is 6.54. The van der Waals surface area contributed by atoms with Gasteiger partial charge in [0.2, 0.25) is 10.0 Å². The van der Waals surface area contributed by atoms with E-state index in [1.807, 2.05) is 13.8 Å². The molecule has 10 nitrogen and oxygen atoms in total. The first-order valence-corrected chi connectivity index (χ1v) is 13.1. The molecule has 0 bridgehead atoms. The van der Waals surface area contributed by atoms with Gasteiger partial charge in [0.15, 0.2) is 21.7 Å². The normalized spacial score (nSPS) is 26.7. The molecule has 0 unspecified atom stereocenters. The molecule has 3 aliphatic heterocycles. The Hall–Kier alpha value is -2.20. The second-order valence-corrected chi connectivity index (χ2v) is 11.9. The van der Waals surface area contributed by atoms with E-state index in [9.17, 15) is 17.2 Å². The summed E-state index contributed by atoms with van der Waals surface area (Å²) in [5.41, 5.74) is 5.52. The number of sulfonamides is 1. The van der Waals surface area contributed by atoms with Crippen molar-refractivity contribution < 1.29 is 24.4 Å². The number of nitrogens with zero attached hydrogens (tertiary/aromatic N) is 4. The third kappa shape index (κ3) is 4.19. The van der Waals surface area contributed by atoms with Crippen LogP contribution < -0.4 is 21.0 Å². The Labute approximate surface area is 201 Å². The maximum Gasteiger partial charge on any atom is 0.291 e. The Bertz CT molecular complexity index is 1210. The molecular formula is C19H29F3N8O2S2. The lowest BCUT2D eigenvalue weighted by atomic mass is 10.1. The number of halogens is 3. The number of allylic oxidation sites excluding steroid dienone is 2. The van der Waals surface area contributed by atoms with E-state index >= 15 is 4.39 Å². The number of fused-ring (bicyclic) bond motifs is 1. The third-order valence-electron chi connectivity index (χ3n) is 6.05. The lowest BCUT2D eigenvalue weighted by Crippen LogP contribution is -2.57. The lowest BCUT2D eigenvalue weighted by molar-refractivity contribution is 0.137. The number of hydrogen-bond acceptors (Lipinski definition) is 10. The summed E-state index contributed by atoms with van der Waals surface area (Å²) in [7, 11) is -4.21. The van der Waals surface area contributed by atoms with E-state index in [4.69, 9.17) is 0 Å². The van der Waals surface area contributed by atoms with Crippen LogP contribution in [0.5, 0.6) is 0 Å². The van der Waals surface area contributed by atoms with Gasteiger partial charge in [-0.3, -0.25) is 5.43 Å². The average molecular weight is 523 g/mol. The maximum atomic E-state index is 16.0. The smallest absolute Gasteiger partial charge is 0.291 e. The largest absolute Gasteiger partial charge is 0.351 e. The minimum absolute atomic E-state index is 0. The predicted octanol–water partition coefficient (Wildman–Crippen LogP) is 2.15. The fourth-order valence-electron chi connectivity index (χ4n) is 4.28. The van der Waals surface area contributed by atoms with Gasteiger partial charge in [0.1, 0.15) is 10.6 Å². The van der Waals surface area contributed by atoms with E-state index in [1.54, 1.807) is 11.8 Å². The minimum atomic E-state index is -4.21. The van der Waals surface area contributed by atoms with Crippen molar-refractivity contribution in [2.75, 3.05) is 13.1 Å². The van der Waals surface area contributed by atoms with Crippen LogP contribution in [0, 0.1) is 0 Å². The van der Waals surface area contributed by atoms with Gasteiger partial charge in [-0.15, -0.1) is 15.7 Å². The summed E-state index contributed by atoms with van der Waals surface area (Å²) in [5.74, 6) is -0.872. The predicted molar refractivity (Wildman–Crippen MR) is 124 cm³/mol. The molecule has 5 rings (SSSR count). The first-order valence-electron chi connectivity index (χ1n) is 10.8. The van der Waals surface area contributed by atoms with Gasteiger partial charge in [0.05, 0.1) is 5.70 Å². The molecule has 1 aromatic rings. The summed E-state index contributed by atoms with van der Waals surface area (Å²) >= 11 is 0.674. The van der Waals surface area contributed by atoms with E-state index in [2.05, 4.69) is 31.2 Å². The van der Waals surface area contributed by atoms with E-state index in [1.165, 1.54) is 11.1 Å². The van der Waals surface area contributed by atoms with Crippen LogP contribution in [0.15, 0.2) is 28.3 Å². The maximum absolute atomic E-state index is 16.0. The van der Waals surface area contributed by atoms with Crippen LogP contribution in [0.3, 0.4) is 0 Å². The second-order valence-electron chi connectivity index (χ2n) is 9.26. The van der Waals surface area contributed by atoms with Crippen molar-refractivity contribution in [3.63, 3.8) is 0 Å². The van der Waals surface area contributed by atoms with E-state index < -0.39 is 37.7 Å². The Balaban J connectivity index is 0.00000180. The fraction of sp³-hybridized carbons (Fsp3) is 0.579. The lowest BCUT2D eigenvalue weighted by Gasteiger charge is -2.42. The van der Waals surface area contributed by atoms with Crippen LogP contribution >= 0.6 is 11.3 Å². The standard InChI is InChI=1S/C19H25F3N8O2S2.2H2/c1-9-7-29(8-10(2)23-9)18-13(20)12(34(31,32)27-19(3)4-5-19)6-11-14(24-28-30(11)18)16-25-26-17(33-16)15(21)22;;/h6,9-10,15,23-24,27-28H,4-5,7-8H2,1-3H3;2*1H/t9-,10-;;/m0../s1. The van der Waals surface area contributed by atoms with Gasteiger partial charge in [-0.05, 0) is 39.7 Å². The molecule has 4 N–H and O–H groups in total. The van der Waals surface area contributed by atoms with Gasteiger partial charge in [0.25, 0.3) is 6.43 Å². The number of alkyl halides is 2. The van der Waals surface area contributed by atoms with Gasteiger partial charge in [-0.1, -0.05) is 11.3 Å². The van der Waals surface area contributed by atoms with Crippen molar-refractivity contribution in [2.24, 2.45) is 0 Å². The monoisotopic (exact) mass is 522 g/mol. The topological polar surface area (TPSA) is 115 Å². The number of nitrogens with one attached hydrogen (secondary N) is 4. The highest BCUT2D eigenvalue weighted by Gasteiger charge is 2.46. The summed E-state index contributed by atoms with van der Waals surface area (Å²) in [6.45, 7) is 6.54. The Morgan fingerprint density at radius 3 is 2.53 bits per heavy atom. The van der Waals surface area contributed by atoms with Gasteiger partial charge >= 0.3 is 0 Å². The zero-order valence-electron chi connectivity index (χ0n) is 18.7. The molecule has 0 amide bonds. The van der Waals surface area contributed by atoms with Crippen molar-refractivity contribution in [1.29, 1.82) is 0 Å². The molecule has 1 saturated heterocycles. The molecule has 34 heavy (non-hydrogen) atoms. The van der Waals surface area contributed by atoms with Crippen LogP contribution in [0.25, 0.3) is 5.70 Å². The molecule has 190 valence electrons. The molecule has 4 aliphatic rings. The molecule has 0 aromatic carbocycles. The number of aromatic nitrogens is 2. The molecule has 4 heterocycles. The minimum Gasteiger partial charge on any atom is -0.351 e. The Kier molecular flexibility index (Phi) is 5.67. The molecule has 1 aromatic heterocycles. The van der Waals surface area contributed by atoms with Gasteiger partial charge < -0.3 is 10.2 Å². The quantitative estimate of drug-likeness (QED) is 0.446. The second kappa shape index (κ2) is 8.19. The Morgan fingerprint density at radius 1 is 1.26 bits per heavy atom. The summed E-state index contributed by atoms with van der Waals surface area (Å²) in [5, 5.41) is 11.7. The van der Waals surface area contributed by atoms with Crippen molar-refractivity contribution in [3.05, 3.63) is 38.3 Å². The number of piperazine rings is 1. The third-order valence-corrected chi connectivity index (χ3v) is 8.64. The number of rotatable bonds is 6. The van der Waals surface area contributed by atoms with E-state index in [-0.39, 0.29) is 37.2 Å². The van der Waals surface area contributed by atoms with Crippen molar-refractivity contribution in [1.82, 2.24) is 41.1 Å². The van der Waals surface area contributed by atoms with Gasteiger partial charge in [0, 0.05) is 33.6 Å². The van der Waals surface area contributed by atoms with Crippen LogP contribution in [0.4, 0.5) is 13.2 Å². The molecule has 2 fully saturated rings. The highest BCUT2D eigenvalue weighted by atomic mass is 32.2. The molecule has 1 saturated carbocycles. The molecule has 0 radical (unpaired) electrons. The number of hydrogen-bond donors (Lipinski definition) is 4. The average Bonchev–Trinajstić information content (AvgIpc) is 3.14. The van der Waals surface area contributed by atoms with Crippen molar-refractivity contribution >= 4 is 27.1 Å². The van der Waals surface area contributed by atoms with Crippen molar-refractivity contribution in [3.8, 4) is 0 Å². The van der Waals surface area contributed by atoms with Crippen LogP contribution in [0.1, 0.15) is 52.9 Å². The summed E-state index contributed by atoms with van der Waals surface area (Å²) in [6, 6.07) is 0.0514. The van der Waals surface area contributed by atoms with E-state index in [0.29, 0.717) is 37.3 Å². The Morgan fingerprint density at radius 2 is 1.94 bits per heavy atom. The first kappa shape index (κ1) is 23.5. The molecule has 0 spiro atoms. The highest BCUT2D eigenvalue weighted by Crippen LogP contribution is 2.41. The molecule has 1 aliphatic carbocycles. The SMILES string of the molecule is C[C@H]1CN(C2=C(F)C(S(=O)(=O)NC3(C)CC3)=CC3=C(c4nnc(C(F)F)s4)NNN32)C[C@H](C)N1.[HH].[HH]. The summed E-state index contributed by atoms with van der Waals surface area (Å²) in [6.07, 6.45) is -0.280. The van der Waals surface area contributed by atoms with Gasteiger partial charge in [-0.25, -0.2) is 31.3 Å². The highest BCUT2D eigenvalue weighted by molar-refractivity contribution is 7.93. The van der Waals surface area contributed by atoms with Crippen LogP contribution in [-0.4, -0.2) is 59.2 Å². The number of hydrazine groups is 2. The van der Waals surface area contributed by atoms with Crippen LogP contribution in [-0.2, 0) is 10.0 Å². The zero-order valence-corrected chi connectivity index (χ0v) is 20.3. The molecule has 2 atom stereocenters. The zero-order chi connectivity index (χ0) is 24.4.